The molecule has 3 atom stereocenters. The molecule has 1 aromatic rings. The van der Waals surface area contributed by atoms with Crippen molar-refractivity contribution in [3.05, 3.63) is 44.0 Å². The number of aryl methyl sites for hydroxylation is 1. The average Bonchev–Trinajstić information content (AvgIpc) is 2.65. The predicted molar refractivity (Wildman–Crippen MR) is 105 cm³/mol. The second-order valence-corrected chi connectivity index (χ2v) is 7.33. The second kappa shape index (κ2) is 10.6. The fraction of sp³-hybridized carbons (Fsp3) is 0.474. The van der Waals surface area contributed by atoms with Crippen molar-refractivity contribution in [1.29, 1.82) is 0 Å². The third-order valence-corrected chi connectivity index (χ3v) is 4.39. The Balaban J connectivity index is 2.03. The highest BCUT2D eigenvalue weighted by Gasteiger charge is 2.49. The Morgan fingerprint density at radius 3 is 2.55 bits per heavy atom. The van der Waals surface area contributed by atoms with Gasteiger partial charge in [0.25, 0.3) is 5.09 Å². The first kappa shape index (κ1) is 26.0. The SMILES string of the molecule is Cc1cc(Cl)cc2c1O[C@H](C(F)(F)F)C(C(=O)OC(C)OC(=O)OCCC(C)O[N+](=O)[O-])=C2. The monoisotopic (exact) mass is 497 g/mol. The number of nitrogens with zero attached hydrogens (tertiary/aromatic N) is 1. The Morgan fingerprint density at radius 1 is 1.27 bits per heavy atom. The Kier molecular flexibility index (Phi) is 8.36. The maximum atomic E-state index is 13.5. The number of carbonyl (C=O) groups is 2. The lowest BCUT2D eigenvalue weighted by Crippen LogP contribution is -2.41. The number of hydrogen-bond donors (Lipinski definition) is 0. The minimum absolute atomic E-state index is 0.0386. The Morgan fingerprint density at radius 2 is 1.94 bits per heavy atom. The topological polar surface area (TPSA) is 123 Å². The maximum Gasteiger partial charge on any atom is 0.511 e. The summed E-state index contributed by atoms with van der Waals surface area (Å²) in [5, 5.41) is 9.40. The van der Waals surface area contributed by atoms with Crippen molar-refractivity contribution in [2.75, 3.05) is 6.61 Å². The number of carbonyl (C=O) groups excluding carboxylic acids is 2. The first-order valence-electron chi connectivity index (χ1n) is 9.38. The zero-order valence-corrected chi connectivity index (χ0v) is 18.3. The van der Waals surface area contributed by atoms with Crippen molar-refractivity contribution in [2.45, 2.75) is 51.9 Å². The van der Waals surface area contributed by atoms with Crippen LogP contribution in [0.3, 0.4) is 0 Å². The van der Waals surface area contributed by atoms with Crippen LogP contribution in [-0.2, 0) is 23.8 Å². The van der Waals surface area contributed by atoms with Crippen molar-refractivity contribution in [3.63, 3.8) is 0 Å². The van der Waals surface area contributed by atoms with Crippen LogP contribution in [0.5, 0.6) is 5.75 Å². The normalized spacial score (nSPS) is 16.9. The smallest absolute Gasteiger partial charge is 0.475 e. The maximum absolute atomic E-state index is 13.5. The Hall–Kier alpha value is -3.22. The van der Waals surface area contributed by atoms with Crippen molar-refractivity contribution in [3.8, 4) is 5.75 Å². The van der Waals surface area contributed by atoms with E-state index in [2.05, 4.69) is 14.3 Å². The van der Waals surface area contributed by atoms with Crippen LogP contribution >= 0.6 is 11.6 Å². The minimum Gasteiger partial charge on any atom is -0.475 e. The van der Waals surface area contributed by atoms with Crippen LogP contribution < -0.4 is 4.74 Å². The van der Waals surface area contributed by atoms with Gasteiger partial charge in [-0.25, -0.2) is 9.59 Å². The number of alkyl halides is 3. The van der Waals surface area contributed by atoms with Crippen molar-refractivity contribution >= 4 is 29.8 Å². The van der Waals surface area contributed by atoms with E-state index in [1.54, 1.807) is 0 Å². The van der Waals surface area contributed by atoms with E-state index in [4.69, 9.17) is 21.1 Å². The number of ether oxygens (including phenoxy) is 4. The van der Waals surface area contributed by atoms with Crippen molar-refractivity contribution < 1.29 is 51.6 Å². The number of fused-ring (bicyclic) bond motifs is 1. The molecule has 0 saturated carbocycles. The van der Waals surface area contributed by atoms with Gasteiger partial charge in [0.05, 0.1) is 12.2 Å². The molecule has 0 saturated heterocycles. The van der Waals surface area contributed by atoms with Gasteiger partial charge in [-0.3, -0.25) is 0 Å². The van der Waals surface area contributed by atoms with Crippen LogP contribution in [0.1, 0.15) is 31.4 Å². The molecular weight excluding hydrogens is 479 g/mol. The quantitative estimate of drug-likeness (QED) is 0.222. The lowest BCUT2D eigenvalue weighted by molar-refractivity contribution is -0.767. The van der Waals surface area contributed by atoms with E-state index in [1.165, 1.54) is 26.0 Å². The third kappa shape index (κ3) is 7.41. The van der Waals surface area contributed by atoms with E-state index >= 15 is 0 Å². The molecule has 0 N–H and O–H groups in total. The largest absolute Gasteiger partial charge is 0.511 e. The van der Waals surface area contributed by atoms with Gasteiger partial charge in [-0.05, 0) is 37.6 Å². The summed E-state index contributed by atoms with van der Waals surface area (Å²) in [6, 6.07) is 2.74. The minimum atomic E-state index is -4.94. The summed E-state index contributed by atoms with van der Waals surface area (Å²) >= 11 is 5.93. The molecule has 0 fully saturated rings. The number of hydrogen-bond acceptors (Lipinski definition) is 9. The van der Waals surface area contributed by atoms with Gasteiger partial charge >= 0.3 is 18.3 Å². The number of halogens is 4. The first-order chi connectivity index (χ1) is 15.3. The van der Waals surface area contributed by atoms with E-state index in [1.807, 2.05) is 0 Å². The summed E-state index contributed by atoms with van der Waals surface area (Å²) in [6.45, 7) is 3.63. The third-order valence-electron chi connectivity index (χ3n) is 4.18. The molecule has 10 nitrogen and oxygen atoms in total. The van der Waals surface area contributed by atoms with E-state index in [0.29, 0.717) is 5.56 Å². The van der Waals surface area contributed by atoms with Gasteiger partial charge in [-0.15, -0.1) is 10.1 Å². The van der Waals surface area contributed by atoms with E-state index in [9.17, 15) is 32.9 Å². The molecule has 0 aromatic heterocycles. The molecule has 0 bridgehead atoms. The van der Waals surface area contributed by atoms with Crippen molar-refractivity contribution in [2.24, 2.45) is 0 Å². The van der Waals surface area contributed by atoms with Crippen LogP contribution in [0.15, 0.2) is 17.7 Å². The lowest BCUT2D eigenvalue weighted by atomic mass is 9.99. The summed E-state index contributed by atoms with van der Waals surface area (Å²) < 4.78 is 59.7. The second-order valence-electron chi connectivity index (χ2n) is 6.90. The summed E-state index contributed by atoms with van der Waals surface area (Å²) in [4.78, 5) is 38.4. The molecule has 1 aliphatic rings. The number of benzene rings is 1. The van der Waals surface area contributed by atoms with Gasteiger partial charge in [0, 0.05) is 23.9 Å². The molecular formula is C19H19ClF3NO9. The van der Waals surface area contributed by atoms with Crippen LogP contribution in [0.2, 0.25) is 5.02 Å². The highest BCUT2D eigenvalue weighted by Crippen LogP contribution is 2.40. The van der Waals surface area contributed by atoms with Gasteiger partial charge in [0.15, 0.2) is 0 Å². The molecule has 0 spiro atoms. The molecule has 2 unspecified atom stereocenters. The summed E-state index contributed by atoms with van der Waals surface area (Å²) in [6.07, 6.45) is -10.4. The fourth-order valence-electron chi connectivity index (χ4n) is 2.78. The molecule has 2 rings (SSSR count). The van der Waals surface area contributed by atoms with Crippen LogP contribution in [-0.4, -0.2) is 48.5 Å². The van der Waals surface area contributed by atoms with Gasteiger partial charge in [-0.1, -0.05) is 11.6 Å². The van der Waals surface area contributed by atoms with Crippen LogP contribution in [0.25, 0.3) is 6.08 Å². The predicted octanol–water partition coefficient (Wildman–Crippen LogP) is 4.38. The van der Waals surface area contributed by atoms with E-state index < -0.39 is 47.5 Å². The average molecular weight is 498 g/mol. The Labute approximate surface area is 190 Å². The molecule has 1 heterocycles. The molecule has 33 heavy (non-hydrogen) atoms. The zero-order chi connectivity index (χ0) is 24.9. The Bertz CT molecular complexity index is 951. The van der Waals surface area contributed by atoms with E-state index in [-0.39, 0.29) is 29.4 Å². The zero-order valence-electron chi connectivity index (χ0n) is 17.5. The summed E-state index contributed by atoms with van der Waals surface area (Å²) in [5.41, 5.74) is -0.384. The molecule has 0 radical (unpaired) electrons. The molecule has 0 amide bonds. The standard InChI is InChI=1S/C19H19ClF3NO9/c1-9-6-13(20)7-12-8-14(16(19(21,22)23)32-15(9)12)17(25)30-11(3)31-18(26)29-5-4-10(2)33-24(27)28/h6-8,10-11,16H,4-5H2,1-3H3/t10?,11?,16-/m0/s1. The molecule has 1 aliphatic heterocycles. The summed E-state index contributed by atoms with van der Waals surface area (Å²) in [5.74, 6) is -1.52. The van der Waals surface area contributed by atoms with Gasteiger partial charge < -0.3 is 23.8 Å². The number of rotatable bonds is 8. The number of esters is 1. The highest BCUT2D eigenvalue weighted by atomic mass is 35.5. The van der Waals surface area contributed by atoms with E-state index in [0.717, 1.165) is 13.0 Å². The van der Waals surface area contributed by atoms with Gasteiger partial charge in [0.2, 0.25) is 12.4 Å². The van der Waals surface area contributed by atoms with Gasteiger partial charge in [0.1, 0.15) is 11.9 Å². The van der Waals surface area contributed by atoms with Gasteiger partial charge in [-0.2, -0.15) is 13.2 Å². The summed E-state index contributed by atoms with van der Waals surface area (Å²) in [7, 11) is 0. The highest BCUT2D eigenvalue weighted by molar-refractivity contribution is 6.30. The lowest BCUT2D eigenvalue weighted by Gasteiger charge is -2.29. The molecule has 182 valence electrons. The molecule has 14 heteroatoms. The van der Waals surface area contributed by atoms with Crippen LogP contribution in [0, 0.1) is 17.0 Å². The first-order valence-corrected chi connectivity index (χ1v) is 9.76. The molecule has 1 aromatic carbocycles. The molecule has 0 aliphatic carbocycles. The van der Waals surface area contributed by atoms with Crippen molar-refractivity contribution in [1.82, 2.24) is 0 Å². The van der Waals surface area contributed by atoms with Crippen LogP contribution in [0.4, 0.5) is 18.0 Å². The fourth-order valence-corrected chi connectivity index (χ4v) is 3.06.